The van der Waals surface area contributed by atoms with Crippen LogP contribution in [0.15, 0.2) is 40.8 Å². The van der Waals surface area contributed by atoms with Gasteiger partial charge in [-0.15, -0.1) is 0 Å². The lowest BCUT2D eigenvalue weighted by atomic mass is 10.1. The SMILES string of the molecule is Cc1cc(CN(C)CC(O)c2ccccc2)oc1C. The van der Waals surface area contributed by atoms with Crippen LogP contribution in [0.3, 0.4) is 0 Å². The molecule has 0 radical (unpaired) electrons. The second kappa shape index (κ2) is 6.04. The topological polar surface area (TPSA) is 36.6 Å². The van der Waals surface area contributed by atoms with E-state index in [0.717, 1.165) is 17.1 Å². The van der Waals surface area contributed by atoms with Crippen molar-refractivity contribution in [3.63, 3.8) is 0 Å². The molecule has 102 valence electrons. The number of furan rings is 1. The van der Waals surface area contributed by atoms with Crippen LogP contribution >= 0.6 is 0 Å². The van der Waals surface area contributed by atoms with Crippen molar-refractivity contribution in [2.24, 2.45) is 0 Å². The Morgan fingerprint density at radius 2 is 1.89 bits per heavy atom. The summed E-state index contributed by atoms with van der Waals surface area (Å²) in [4.78, 5) is 2.06. The van der Waals surface area contributed by atoms with Gasteiger partial charge in [0.2, 0.25) is 0 Å². The second-order valence-electron chi connectivity index (χ2n) is 5.08. The summed E-state index contributed by atoms with van der Waals surface area (Å²) >= 11 is 0. The number of benzene rings is 1. The molecule has 2 aromatic rings. The Morgan fingerprint density at radius 3 is 2.47 bits per heavy atom. The Bertz CT molecular complexity index is 499. The average molecular weight is 259 g/mol. The van der Waals surface area contributed by atoms with E-state index in [-0.39, 0.29) is 0 Å². The molecule has 0 saturated carbocycles. The highest BCUT2D eigenvalue weighted by atomic mass is 16.3. The van der Waals surface area contributed by atoms with E-state index in [4.69, 9.17) is 4.42 Å². The van der Waals surface area contributed by atoms with Crippen LogP contribution in [0.25, 0.3) is 0 Å². The van der Waals surface area contributed by atoms with Crippen LogP contribution in [0.5, 0.6) is 0 Å². The van der Waals surface area contributed by atoms with Gasteiger partial charge in [-0.05, 0) is 38.1 Å². The Hall–Kier alpha value is -1.58. The molecule has 0 aliphatic carbocycles. The summed E-state index contributed by atoms with van der Waals surface area (Å²) in [7, 11) is 1.99. The predicted molar refractivity (Wildman–Crippen MR) is 75.9 cm³/mol. The molecule has 3 heteroatoms. The Balaban J connectivity index is 1.92. The van der Waals surface area contributed by atoms with E-state index in [1.807, 2.05) is 51.2 Å². The normalized spacial score (nSPS) is 12.9. The zero-order valence-corrected chi connectivity index (χ0v) is 11.8. The van der Waals surface area contributed by atoms with Crippen molar-refractivity contribution in [3.8, 4) is 0 Å². The number of aliphatic hydroxyl groups is 1. The highest BCUT2D eigenvalue weighted by molar-refractivity contribution is 5.19. The molecule has 1 aromatic carbocycles. The summed E-state index contributed by atoms with van der Waals surface area (Å²) in [5, 5.41) is 10.2. The molecule has 0 aliphatic heterocycles. The Morgan fingerprint density at radius 1 is 1.21 bits per heavy atom. The number of nitrogens with zero attached hydrogens (tertiary/aromatic N) is 1. The molecule has 0 bridgehead atoms. The molecule has 0 aliphatic rings. The highest BCUT2D eigenvalue weighted by Gasteiger charge is 2.12. The first-order chi connectivity index (χ1) is 9.06. The molecule has 1 N–H and O–H groups in total. The maximum atomic E-state index is 10.2. The van der Waals surface area contributed by atoms with Gasteiger partial charge in [0.1, 0.15) is 11.5 Å². The van der Waals surface area contributed by atoms with Crippen molar-refractivity contribution in [1.82, 2.24) is 4.90 Å². The van der Waals surface area contributed by atoms with Crippen molar-refractivity contribution in [2.45, 2.75) is 26.5 Å². The van der Waals surface area contributed by atoms with E-state index >= 15 is 0 Å². The second-order valence-corrected chi connectivity index (χ2v) is 5.08. The quantitative estimate of drug-likeness (QED) is 0.896. The Kier molecular flexibility index (Phi) is 4.40. The molecule has 0 saturated heterocycles. The summed E-state index contributed by atoms with van der Waals surface area (Å²) in [6.45, 7) is 5.31. The van der Waals surface area contributed by atoms with Crippen LogP contribution in [0.1, 0.15) is 28.8 Å². The maximum absolute atomic E-state index is 10.2. The largest absolute Gasteiger partial charge is 0.465 e. The first kappa shape index (κ1) is 13.8. The van der Waals surface area contributed by atoms with Gasteiger partial charge >= 0.3 is 0 Å². The summed E-state index contributed by atoms with van der Waals surface area (Å²) in [6, 6.07) is 11.8. The van der Waals surface area contributed by atoms with Crippen LogP contribution in [0.4, 0.5) is 0 Å². The first-order valence-corrected chi connectivity index (χ1v) is 6.53. The molecule has 1 aromatic heterocycles. The van der Waals surface area contributed by atoms with Crippen molar-refractivity contribution in [2.75, 3.05) is 13.6 Å². The number of hydrogen-bond donors (Lipinski definition) is 1. The van der Waals surface area contributed by atoms with Crippen LogP contribution in [0, 0.1) is 13.8 Å². The number of hydrogen-bond acceptors (Lipinski definition) is 3. The molecule has 19 heavy (non-hydrogen) atoms. The molecule has 3 nitrogen and oxygen atoms in total. The van der Waals surface area contributed by atoms with E-state index in [2.05, 4.69) is 11.0 Å². The summed E-state index contributed by atoms with van der Waals surface area (Å²) in [5.74, 6) is 1.91. The summed E-state index contributed by atoms with van der Waals surface area (Å²) in [5.41, 5.74) is 2.12. The van der Waals surface area contributed by atoms with Crippen LogP contribution in [-0.4, -0.2) is 23.6 Å². The lowest BCUT2D eigenvalue weighted by Gasteiger charge is -2.19. The van der Waals surface area contributed by atoms with E-state index in [9.17, 15) is 5.11 Å². The van der Waals surface area contributed by atoms with Crippen LogP contribution < -0.4 is 0 Å². The number of rotatable bonds is 5. The minimum absolute atomic E-state index is 0.469. The third-order valence-corrected chi connectivity index (χ3v) is 3.31. The van der Waals surface area contributed by atoms with Gasteiger partial charge in [0.25, 0.3) is 0 Å². The zero-order chi connectivity index (χ0) is 13.8. The first-order valence-electron chi connectivity index (χ1n) is 6.53. The van der Waals surface area contributed by atoms with E-state index in [1.54, 1.807) is 0 Å². The molecular weight excluding hydrogens is 238 g/mol. The molecule has 1 heterocycles. The smallest absolute Gasteiger partial charge is 0.118 e. The highest BCUT2D eigenvalue weighted by Crippen LogP contribution is 2.17. The molecule has 1 unspecified atom stereocenters. The van der Waals surface area contributed by atoms with Crippen LogP contribution in [-0.2, 0) is 6.54 Å². The molecule has 0 spiro atoms. The molecular formula is C16H21NO2. The van der Waals surface area contributed by atoms with E-state index in [0.29, 0.717) is 13.1 Å². The maximum Gasteiger partial charge on any atom is 0.118 e. The van der Waals surface area contributed by atoms with Gasteiger partial charge in [-0.25, -0.2) is 0 Å². The van der Waals surface area contributed by atoms with Gasteiger partial charge in [0.15, 0.2) is 0 Å². The van der Waals surface area contributed by atoms with Gasteiger partial charge in [-0.3, -0.25) is 4.90 Å². The summed E-state index contributed by atoms with van der Waals surface area (Å²) < 4.78 is 5.65. The van der Waals surface area contributed by atoms with Gasteiger partial charge in [0.05, 0.1) is 12.6 Å². The third-order valence-electron chi connectivity index (χ3n) is 3.31. The number of aryl methyl sites for hydroxylation is 2. The molecule has 1 atom stereocenters. The van der Waals surface area contributed by atoms with Gasteiger partial charge in [-0.2, -0.15) is 0 Å². The Labute approximate surface area is 114 Å². The minimum atomic E-state index is -0.469. The minimum Gasteiger partial charge on any atom is -0.465 e. The van der Waals surface area contributed by atoms with Gasteiger partial charge in [-0.1, -0.05) is 30.3 Å². The van der Waals surface area contributed by atoms with E-state index in [1.165, 1.54) is 5.56 Å². The van der Waals surface area contributed by atoms with Crippen LogP contribution in [0.2, 0.25) is 0 Å². The fraction of sp³-hybridized carbons (Fsp3) is 0.375. The lowest BCUT2D eigenvalue weighted by molar-refractivity contribution is 0.120. The molecule has 0 amide bonds. The fourth-order valence-electron chi connectivity index (χ4n) is 2.13. The van der Waals surface area contributed by atoms with Crippen molar-refractivity contribution < 1.29 is 9.52 Å². The third kappa shape index (κ3) is 3.69. The lowest BCUT2D eigenvalue weighted by Crippen LogP contribution is -2.24. The predicted octanol–water partition coefficient (Wildman–Crippen LogP) is 3.06. The fourth-order valence-corrected chi connectivity index (χ4v) is 2.13. The molecule has 2 rings (SSSR count). The standard InChI is InChI=1S/C16H21NO2/c1-12-9-15(19-13(12)2)10-17(3)11-16(18)14-7-5-4-6-8-14/h4-9,16,18H,10-11H2,1-3H3. The van der Waals surface area contributed by atoms with Gasteiger partial charge < -0.3 is 9.52 Å². The average Bonchev–Trinajstić information content (AvgIpc) is 2.69. The zero-order valence-electron chi connectivity index (χ0n) is 11.8. The molecule has 0 fully saturated rings. The van der Waals surface area contributed by atoms with Crippen molar-refractivity contribution in [3.05, 3.63) is 59.0 Å². The number of likely N-dealkylation sites (N-methyl/N-ethyl adjacent to an activating group) is 1. The number of aliphatic hydroxyl groups excluding tert-OH is 1. The van der Waals surface area contributed by atoms with E-state index < -0.39 is 6.10 Å². The van der Waals surface area contributed by atoms with Crippen molar-refractivity contribution in [1.29, 1.82) is 0 Å². The summed E-state index contributed by atoms with van der Waals surface area (Å²) in [6.07, 6.45) is -0.469. The van der Waals surface area contributed by atoms with Gasteiger partial charge in [0, 0.05) is 6.54 Å². The van der Waals surface area contributed by atoms with Crippen molar-refractivity contribution >= 4 is 0 Å². The monoisotopic (exact) mass is 259 g/mol.